The number of carboxylic acids is 3. The Morgan fingerprint density at radius 1 is 0.731 bits per heavy atom. The average molecular weight is 372 g/mol. The Bertz CT molecular complexity index is 415. The molecular formula is C19H34NO6+. The number of carbonyl (C=O) groups is 3. The Morgan fingerprint density at radius 2 is 1.19 bits per heavy atom. The number of allylic oxidation sites excluding steroid dienone is 1. The minimum absolute atomic E-state index is 0.107. The normalized spacial score (nSPS) is 11.7. The number of unbranched alkanes of at least 4 members (excludes halogenated alkanes) is 5. The second-order valence-corrected chi connectivity index (χ2v) is 6.80. The third-order valence-electron chi connectivity index (χ3n) is 4.53. The predicted octanol–water partition coefficient (Wildman–Crippen LogP) is 3.14. The summed E-state index contributed by atoms with van der Waals surface area (Å²) in [4.78, 5) is 32.9. The maximum atomic E-state index is 11.0. The summed E-state index contributed by atoms with van der Waals surface area (Å²) >= 11 is 0. The SMILES string of the molecule is CCCCCCC/C=C/C[N+](CCC(=O)O)(CCC(=O)O)CCC(=O)O. The van der Waals surface area contributed by atoms with Crippen LogP contribution in [-0.4, -0.2) is 63.9 Å². The van der Waals surface area contributed by atoms with E-state index in [4.69, 9.17) is 15.3 Å². The van der Waals surface area contributed by atoms with Crippen molar-refractivity contribution in [3.63, 3.8) is 0 Å². The van der Waals surface area contributed by atoms with Gasteiger partial charge in [-0.15, -0.1) is 0 Å². The molecule has 0 aromatic rings. The number of aliphatic carboxylic acids is 3. The van der Waals surface area contributed by atoms with Crippen molar-refractivity contribution in [3.8, 4) is 0 Å². The van der Waals surface area contributed by atoms with Crippen molar-refractivity contribution in [2.75, 3.05) is 26.2 Å². The molecule has 0 heterocycles. The Hall–Kier alpha value is -1.89. The Labute approximate surface area is 155 Å². The topological polar surface area (TPSA) is 112 Å². The van der Waals surface area contributed by atoms with Crippen molar-refractivity contribution in [3.05, 3.63) is 12.2 Å². The van der Waals surface area contributed by atoms with Crippen LogP contribution in [0.1, 0.15) is 64.7 Å². The van der Waals surface area contributed by atoms with Gasteiger partial charge < -0.3 is 19.8 Å². The van der Waals surface area contributed by atoms with E-state index in [9.17, 15) is 14.4 Å². The quantitative estimate of drug-likeness (QED) is 0.205. The van der Waals surface area contributed by atoms with Gasteiger partial charge in [-0.1, -0.05) is 38.7 Å². The van der Waals surface area contributed by atoms with Crippen LogP contribution in [0.3, 0.4) is 0 Å². The van der Waals surface area contributed by atoms with Gasteiger partial charge in [0, 0.05) is 0 Å². The molecule has 0 bridgehead atoms. The van der Waals surface area contributed by atoms with Gasteiger partial charge in [-0.05, 0) is 18.9 Å². The van der Waals surface area contributed by atoms with Gasteiger partial charge in [-0.2, -0.15) is 0 Å². The molecule has 0 unspecified atom stereocenters. The highest BCUT2D eigenvalue weighted by atomic mass is 16.4. The van der Waals surface area contributed by atoms with E-state index >= 15 is 0 Å². The van der Waals surface area contributed by atoms with Crippen LogP contribution >= 0.6 is 0 Å². The first-order valence-electron chi connectivity index (χ1n) is 9.47. The summed E-state index contributed by atoms with van der Waals surface area (Å²) in [5, 5.41) is 27.0. The van der Waals surface area contributed by atoms with Crippen LogP contribution in [0.2, 0.25) is 0 Å². The molecule has 0 aliphatic heterocycles. The van der Waals surface area contributed by atoms with Gasteiger partial charge >= 0.3 is 17.9 Å². The molecule has 3 N–H and O–H groups in total. The molecule has 0 aliphatic carbocycles. The summed E-state index contributed by atoms with van der Waals surface area (Å²) in [5.74, 6) is -2.88. The van der Waals surface area contributed by atoms with Crippen LogP contribution in [0.5, 0.6) is 0 Å². The molecule has 26 heavy (non-hydrogen) atoms. The molecule has 0 saturated carbocycles. The number of hydrogen-bond donors (Lipinski definition) is 3. The lowest BCUT2D eigenvalue weighted by molar-refractivity contribution is -0.921. The van der Waals surface area contributed by atoms with Crippen molar-refractivity contribution >= 4 is 17.9 Å². The van der Waals surface area contributed by atoms with E-state index in [1.165, 1.54) is 25.7 Å². The number of nitrogens with zero attached hydrogens (tertiary/aromatic N) is 1. The van der Waals surface area contributed by atoms with Crippen molar-refractivity contribution in [1.82, 2.24) is 0 Å². The van der Waals surface area contributed by atoms with E-state index in [0.717, 1.165) is 12.8 Å². The fourth-order valence-electron chi connectivity index (χ4n) is 2.89. The molecule has 0 fully saturated rings. The molecule has 0 aromatic carbocycles. The third kappa shape index (κ3) is 13.4. The van der Waals surface area contributed by atoms with Crippen molar-refractivity contribution in [2.24, 2.45) is 0 Å². The monoisotopic (exact) mass is 372 g/mol. The van der Waals surface area contributed by atoms with Gasteiger partial charge in [-0.3, -0.25) is 14.4 Å². The minimum atomic E-state index is -0.960. The summed E-state index contributed by atoms with van der Waals surface area (Å²) in [6.45, 7) is 3.33. The van der Waals surface area contributed by atoms with Crippen molar-refractivity contribution in [1.29, 1.82) is 0 Å². The number of rotatable bonds is 17. The third-order valence-corrected chi connectivity index (χ3v) is 4.53. The molecule has 0 radical (unpaired) electrons. The van der Waals surface area contributed by atoms with Crippen molar-refractivity contribution < 1.29 is 34.2 Å². The lowest BCUT2D eigenvalue weighted by Crippen LogP contribution is -2.51. The molecule has 7 nitrogen and oxygen atoms in total. The van der Waals surface area contributed by atoms with E-state index in [-0.39, 0.29) is 43.4 Å². The first kappa shape index (κ1) is 24.1. The standard InChI is InChI=1S/C19H33NO6/c1-2-3-4-5-6-7-8-9-13-20(14-10-17(21)22,15-11-18(23)24)16-12-19(25)26/h8-9H,2-7,10-16H2,1H3,(H2-,21,22,23,24,25,26)/p+1/b9-8+. The molecule has 0 aromatic heterocycles. The van der Waals surface area contributed by atoms with E-state index < -0.39 is 17.9 Å². The smallest absolute Gasteiger partial charge is 0.309 e. The summed E-state index contributed by atoms with van der Waals surface area (Å²) in [7, 11) is 0. The fourth-order valence-corrected chi connectivity index (χ4v) is 2.89. The molecule has 0 atom stereocenters. The second kappa shape index (κ2) is 14.3. The largest absolute Gasteiger partial charge is 0.481 e. The van der Waals surface area contributed by atoms with E-state index in [2.05, 4.69) is 6.92 Å². The van der Waals surface area contributed by atoms with E-state index in [1.807, 2.05) is 12.2 Å². The van der Waals surface area contributed by atoms with Gasteiger partial charge in [0.25, 0.3) is 0 Å². The molecule has 0 amide bonds. The lowest BCUT2D eigenvalue weighted by atomic mass is 10.1. The molecule has 150 valence electrons. The number of carboxylic acid groups (broad SMARTS) is 3. The molecule has 0 rings (SSSR count). The predicted molar refractivity (Wildman–Crippen MR) is 99.0 cm³/mol. The average Bonchev–Trinajstić information content (AvgIpc) is 2.57. The summed E-state index contributed by atoms with van der Waals surface area (Å²) < 4.78 is 0.178. The molecule has 7 heteroatoms. The zero-order chi connectivity index (χ0) is 19.8. The Kier molecular flexibility index (Phi) is 13.3. The summed E-state index contributed by atoms with van der Waals surface area (Å²) in [6.07, 6.45) is 10.5. The van der Waals surface area contributed by atoms with Gasteiger partial charge in [0.1, 0.15) is 0 Å². The lowest BCUT2D eigenvalue weighted by Gasteiger charge is -2.37. The minimum Gasteiger partial charge on any atom is -0.481 e. The summed E-state index contributed by atoms with van der Waals surface area (Å²) in [6, 6.07) is 0. The van der Waals surface area contributed by atoms with Crippen LogP contribution < -0.4 is 0 Å². The highest BCUT2D eigenvalue weighted by Crippen LogP contribution is 2.14. The Balaban J connectivity index is 4.78. The van der Waals surface area contributed by atoms with Crippen LogP contribution in [0, 0.1) is 0 Å². The van der Waals surface area contributed by atoms with Crippen LogP contribution in [0.15, 0.2) is 12.2 Å². The zero-order valence-corrected chi connectivity index (χ0v) is 15.9. The molecule has 0 aliphatic rings. The van der Waals surface area contributed by atoms with E-state index in [0.29, 0.717) is 6.54 Å². The van der Waals surface area contributed by atoms with Gasteiger partial charge in [0.15, 0.2) is 0 Å². The maximum Gasteiger partial charge on any atom is 0.309 e. The van der Waals surface area contributed by atoms with E-state index in [1.54, 1.807) is 0 Å². The first-order valence-corrected chi connectivity index (χ1v) is 9.47. The Morgan fingerprint density at radius 3 is 1.62 bits per heavy atom. The van der Waals surface area contributed by atoms with Crippen LogP contribution in [-0.2, 0) is 14.4 Å². The maximum absolute atomic E-state index is 11.0. The first-order chi connectivity index (χ1) is 12.3. The highest BCUT2D eigenvalue weighted by molar-refractivity contribution is 5.67. The molecular weight excluding hydrogens is 338 g/mol. The molecule has 0 saturated heterocycles. The van der Waals surface area contributed by atoms with Crippen LogP contribution in [0.4, 0.5) is 0 Å². The number of hydrogen-bond acceptors (Lipinski definition) is 3. The highest BCUT2D eigenvalue weighted by Gasteiger charge is 2.28. The van der Waals surface area contributed by atoms with Gasteiger partial charge in [-0.25, -0.2) is 0 Å². The zero-order valence-electron chi connectivity index (χ0n) is 15.9. The van der Waals surface area contributed by atoms with Gasteiger partial charge in [0.2, 0.25) is 0 Å². The fraction of sp³-hybridized carbons (Fsp3) is 0.737. The summed E-state index contributed by atoms with van der Waals surface area (Å²) in [5.41, 5.74) is 0. The number of quaternary nitrogens is 1. The molecule has 0 spiro atoms. The second-order valence-electron chi connectivity index (χ2n) is 6.80. The van der Waals surface area contributed by atoms with Gasteiger partial charge in [0.05, 0.1) is 45.4 Å². The van der Waals surface area contributed by atoms with Crippen molar-refractivity contribution in [2.45, 2.75) is 64.7 Å². The van der Waals surface area contributed by atoms with Crippen LogP contribution in [0.25, 0.3) is 0 Å².